The van der Waals surface area contributed by atoms with Gasteiger partial charge in [-0.3, -0.25) is 0 Å². The largest absolute Gasteiger partial charge is 0.234 e. The van der Waals surface area contributed by atoms with Gasteiger partial charge in [-0.2, -0.15) is 0 Å². The molecule has 0 aromatic carbocycles. The maximum Gasteiger partial charge on any atom is 0.150 e. The summed E-state index contributed by atoms with van der Waals surface area (Å²) in [5.74, 6) is 0. The fourth-order valence-corrected chi connectivity index (χ4v) is 1.32. The van der Waals surface area contributed by atoms with Crippen molar-refractivity contribution in [3.05, 3.63) is 10.8 Å². The van der Waals surface area contributed by atoms with Gasteiger partial charge in [-0.05, 0) is 19.8 Å². The molecule has 0 aliphatic carbocycles. The molecule has 1 aromatic rings. The molecule has 1 aromatic heterocycles. The first-order chi connectivity index (χ1) is 5.79. The number of aryl methyl sites for hydroxylation is 2. The molecule has 1 heterocycles. The fourth-order valence-electron chi connectivity index (χ4n) is 1.04. The summed E-state index contributed by atoms with van der Waals surface area (Å²) in [7, 11) is 0. The molecular weight excluding hydrogens is 174 g/mol. The number of rotatable bonds is 4. The lowest BCUT2D eigenvalue weighted by molar-refractivity contribution is 0.627. The third-order valence-corrected chi connectivity index (χ3v) is 2.22. The molecule has 0 N–H and O–H groups in total. The molecule has 0 saturated heterocycles. The Kier molecular flexibility index (Phi) is 3.53. The Hall–Kier alpha value is -0.570. The quantitative estimate of drug-likeness (QED) is 0.724. The summed E-state index contributed by atoms with van der Waals surface area (Å²) < 4.78 is 1.71. The molecule has 0 aliphatic rings. The SMILES string of the molecule is CCCCc1nnn(CC)c1Cl. The summed E-state index contributed by atoms with van der Waals surface area (Å²) in [4.78, 5) is 0. The average Bonchev–Trinajstić information content (AvgIpc) is 2.43. The number of hydrogen-bond donors (Lipinski definition) is 0. The number of halogens is 1. The van der Waals surface area contributed by atoms with Gasteiger partial charge in [0.25, 0.3) is 0 Å². The second-order valence-corrected chi connectivity index (χ2v) is 3.10. The maximum absolute atomic E-state index is 6.00. The number of hydrogen-bond acceptors (Lipinski definition) is 2. The summed E-state index contributed by atoms with van der Waals surface area (Å²) in [5, 5.41) is 8.63. The maximum atomic E-state index is 6.00. The first-order valence-electron chi connectivity index (χ1n) is 4.37. The van der Waals surface area contributed by atoms with Gasteiger partial charge in [0.15, 0.2) is 0 Å². The van der Waals surface area contributed by atoms with Crippen LogP contribution in [0.1, 0.15) is 32.4 Å². The lowest BCUT2D eigenvalue weighted by Crippen LogP contribution is -1.96. The third kappa shape index (κ3) is 1.97. The Balaban J connectivity index is 2.66. The first kappa shape index (κ1) is 9.52. The smallest absolute Gasteiger partial charge is 0.150 e. The topological polar surface area (TPSA) is 30.7 Å². The van der Waals surface area contributed by atoms with Crippen molar-refractivity contribution in [1.82, 2.24) is 15.0 Å². The van der Waals surface area contributed by atoms with Crippen molar-refractivity contribution in [3.8, 4) is 0 Å². The summed E-state index contributed by atoms with van der Waals surface area (Å²) in [5.41, 5.74) is 0.931. The Bertz CT molecular complexity index is 244. The van der Waals surface area contributed by atoms with Crippen LogP contribution in [0.2, 0.25) is 5.15 Å². The van der Waals surface area contributed by atoms with E-state index in [1.54, 1.807) is 4.68 Å². The molecule has 0 atom stereocenters. The summed E-state index contributed by atoms with van der Waals surface area (Å²) in [6, 6.07) is 0. The molecule has 0 radical (unpaired) electrons. The molecule has 12 heavy (non-hydrogen) atoms. The first-order valence-corrected chi connectivity index (χ1v) is 4.75. The molecule has 0 aliphatic heterocycles. The highest BCUT2D eigenvalue weighted by molar-refractivity contribution is 6.30. The van der Waals surface area contributed by atoms with Crippen LogP contribution < -0.4 is 0 Å². The normalized spacial score (nSPS) is 10.6. The van der Waals surface area contributed by atoms with Crippen LogP contribution in [-0.2, 0) is 13.0 Å². The molecule has 68 valence electrons. The zero-order valence-corrected chi connectivity index (χ0v) is 8.30. The summed E-state index contributed by atoms with van der Waals surface area (Å²) in [6.07, 6.45) is 3.23. The molecule has 0 unspecified atom stereocenters. The minimum absolute atomic E-state index is 0.700. The van der Waals surface area contributed by atoms with E-state index in [-0.39, 0.29) is 0 Å². The van der Waals surface area contributed by atoms with Crippen LogP contribution in [0.3, 0.4) is 0 Å². The van der Waals surface area contributed by atoms with E-state index in [1.807, 2.05) is 6.92 Å². The number of nitrogens with zero attached hydrogens (tertiary/aromatic N) is 3. The van der Waals surface area contributed by atoms with Gasteiger partial charge in [-0.1, -0.05) is 30.2 Å². The van der Waals surface area contributed by atoms with Crippen molar-refractivity contribution in [2.24, 2.45) is 0 Å². The highest BCUT2D eigenvalue weighted by atomic mass is 35.5. The van der Waals surface area contributed by atoms with Crippen LogP contribution in [0.15, 0.2) is 0 Å². The molecule has 0 fully saturated rings. The molecule has 4 heteroatoms. The van der Waals surface area contributed by atoms with E-state index in [9.17, 15) is 0 Å². The number of aromatic nitrogens is 3. The molecule has 0 bridgehead atoms. The van der Waals surface area contributed by atoms with Crippen molar-refractivity contribution in [2.75, 3.05) is 0 Å². The van der Waals surface area contributed by atoms with Gasteiger partial charge in [-0.15, -0.1) is 5.10 Å². The number of unbranched alkanes of at least 4 members (excludes halogenated alkanes) is 1. The van der Waals surface area contributed by atoms with Crippen LogP contribution in [0.25, 0.3) is 0 Å². The van der Waals surface area contributed by atoms with Gasteiger partial charge in [0.1, 0.15) is 10.8 Å². The van der Waals surface area contributed by atoms with Gasteiger partial charge in [0, 0.05) is 6.54 Å². The van der Waals surface area contributed by atoms with Gasteiger partial charge in [0.05, 0.1) is 0 Å². The van der Waals surface area contributed by atoms with Gasteiger partial charge in [-0.25, -0.2) is 4.68 Å². The van der Waals surface area contributed by atoms with Crippen molar-refractivity contribution in [1.29, 1.82) is 0 Å². The Morgan fingerprint density at radius 2 is 2.17 bits per heavy atom. The monoisotopic (exact) mass is 187 g/mol. The van der Waals surface area contributed by atoms with Gasteiger partial charge < -0.3 is 0 Å². The fraction of sp³-hybridized carbons (Fsp3) is 0.750. The van der Waals surface area contributed by atoms with Crippen LogP contribution >= 0.6 is 11.6 Å². The van der Waals surface area contributed by atoms with E-state index in [0.717, 1.165) is 31.5 Å². The third-order valence-electron chi connectivity index (χ3n) is 1.80. The average molecular weight is 188 g/mol. The summed E-state index contributed by atoms with van der Waals surface area (Å²) >= 11 is 6.00. The van der Waals surface area contributed by atoms with Crippen molar-refractivity contribution >= 4 is 11.6 Å². The molecule has 3 nitrogen and oxygen atoms in total. The predicted molar refractivity (Wildman–Crippen MR) is 49.3 cm³/mol. The van der Waals surface area contributed by atoms with E-state index in [1.165, 1.54) is 0 Å². The minimum atomic E-state index is 0.700. The molecule has 0 spiro atoms. The van der Waals surface area contributed by atoms with E-state index in [4.69, 9.17) is 11.6 Å². The van der Waals surface area contributed by atoms with E-state index >= 15 is 0 Å². The van der Waals surface area contributed by atoms with E-state index < -0.39 is 0 Å². The van der Waals surface area contributed by atoms with Gasteiger partial charge >= 0.3 is 0 Å². The van der Waals surface area contributed by atoms with Crippen LogP contribution in [0.4, 0.5) is 0 Å². The summed E-state index contributed by atoms with van der Waals surface area (Å²) in [6.45, 7) is 4.94. The Labute approximate surface area is 77.7 Å². The van der Waals surface area contributed by atoms with Crippen molar-refractivity contribution < 1.29 is 0 Å². The van der Waals surface area contributed by atoms with Crippen LogP contribution in [0.5, 0.6) is 0 Å². The lowest BCUT2D eigenvalue weighted by Gasteiger charge is -1.96. The standard InChI is InChI=1S/C8H14ClN3/c1-3-5-6-7-8(9)12(4-2)11-10-7/h3-6H2,1-2H3. The zero-order valence-electron chi connectivity index (χ0n) is 7.55. The second kappa shape index (κ2) is 4.45. The van der Waals surface area contributed by atoms with Crippen molar-refractivity contribution in [2.45, 2.75) is 39.7 Å². The zero-order chi connectivity index (χ0) is 8.97. The van der Waals surface area contributed by atoms with Crippen LogP contribution in [-0.4, -0.2) is 15.0 Å². The Morgan fingerprint density at radius 1 is 1.42 bits per heavy atom. The van der Waals surface area contributed by atoms with E-state index in [0.29, 0.717) is 5.15 Å². The molecule has 0 amide bonds. The second-order valence-electron chi connectivity index (χ2n) is 2.75. The predicted octanol–water partition coefficient (Wildman–Crippen LogP) is 2.29. The molecular formula is C8H14ClN3. The van der Waals surface area contributed by atoms with E-state index in [2.05, 4.69) is 17.2 Å². The highest BCUT2D eigenvalue weighted by Crippen LogP contribution is 2.14. The van der Waals surface area contributed by atoms with Crippen LogP contribution in [0, 0.1) is 0 Å². The molecule has 1 rings (SSSR count). The Morgan fingerprint density at radius 3 is 2.67 bits per heavy atom. The minimum Gasteiger partial charge on any atom is -0.234 e. The molecule has 0 saturated carbocycles. The van der Waals surface area contributed by atoms with Gasteiger partial charge in [0.2, 0.25) is 0 Å². The lowest BCUT2D eigenvalue weighted by atomic mass is 10.2. The highest BCUT2D eigenvalue weighted by Gasteiger charge is 2.07. The van der Waals surface area contributed by atoms with Crippen molar-refractivity contribution in [3.63, 3.8) is 0 Å².